The van der Waals surface area contributed by atoms with Gasteiger partial charge < -0.3 is 5.32 Å². The lowest BCUT2D eigenvalue weighted by Crippen LogP contribution is -2.24. The molecule has 0 aromatic carbocycles. The zero-order valence-corrected chi connectivity index (χ0v) is 5.13. The van der Waals surface area contributed by atoms with Crippen LogP contribution in [-0.2, 0) is 4.79 Å². The van der Waals surface area contributed by atoms with Crippen LogP contribution in [0.2, 0.25) is 0 Å². The van der Waals surface area contributed by atoms with Gasteiger partial charge in [-0.2, -0.15) is 0 Å². The van der Waals surface area contributed by atoms with Crippen LogP contribution in [0.1, 0.15) is 12.8 Å². The highest BCUT2D eigenvalue weighted by Crippen LogP contribution is 2.26. The van der Waals surface area contributed by atoms with Gasteiger partial charge in [-0.15, -0.1) is 0 Å². The van der Waals surface area contributed by atoms with Crippen molar-refractivity contribution in [2.45, 2.75) is 18.9 Å². The molecule has 2 aliphatic rings. The third kappa shape index (κ3) is 0.661. The van der Waals surface area contributed by atoms with Crippen molar-refractivity contribution in [2.24, 2.45) is 5.92 Å². The fourth-order valence-corrected chi connectivity index (χ4v) is 1.56. The zero-order valence-electron chi connectivity index (χ0n) is 5.13. The number of carbonyl (C=O) groups excluding carboxylic acids is 1. The Labute approximate surface area is 53.9 Å². The lowest BCUT2D eigenvalue weighted by atomic mass is 10.0. The van der Waals surface area contributed by atoms with E-state index in [1.54, 1.807) is 0 Å². The molecule has 2 nitrogen and oxygen atoms in total. The Morgan fingerprint density at radius 2 is 2.56 bits per heavy atom. The van der Waals surface area contributed by atoms with E-state index in [-0.39, 0.29) is 5.91 Å². The molecule has 1 aliphatic carbocycles. The average Bonchev–Trinajstić information content (AvgIpc) is 2.22. The van der Waals surface area contributed by atoms with Crippen molar-refractivity contribution in [2.75, 3.05) is 0 Å². The number of fused-ring (bicyclic) bond motifs is 1. The molecular formula is C7H9NO. The maximum Gasteiger partial charge on any atom is 0.220 e. The van der Waals surface area contributed by atoms with Gasteiger partial charge in [-0.3, -0.25) is 4.79 Å². The minimum atomic E-state index is 0.217. The molecule has 1 amide bonds. The highest BCUT2D eigenvalue weighted by atomic mass is 16.1. The summed E-state index contributed by atoms with van der Waals surface area (Å²) >= 11 is 0. The predicted molar refractivity (Wildman–Crippen MR) is 33.8 cm³/mol. The topological polar surface area (TPSA) is 29.1 Å². The summed E-state index contributed by atoms with van der Waals surface area (Å²) in [6.45, 7) is 0. The first-order valence-corrected chi connectivity index (χ1v) is 3.32. The summed E-state index contributed by atoms with van der Waals surface area (Å²) in [7, 11) is 0. The number of amides is 1. The molecule has 0 saturated carbocycles. The van der Waals surface area contributed by atoms with Crippen LogP contribution in [0.3, 0.4) is 0 Å². The molecule has 2 atom stereocenters. The van der Waals surface area contributed by atoms with Crippen molar-refractivity contribution >= 4 is 5.91 Å². The highest BCUT2D eigenvalue weighted by Gasteiger charge is 2.32. The normalized spacial score (nSPS) is 38.9. The first kappa shape index (κ1) is 5.03. The predicted octanol–water partition coefficient (Wildman–Crippen LogP) is 0.451. The number of hydrogen-bond acceptors (Lipinski definition) is 1. The van der Waals surface area contributed by atoms with Gasteiger partial charge in [-0.1, -0.05) is 12.2 Å². The van der Waals surface area contributed by atoms with E-state index in [1.807, 2.05) is 0 Å². The lowest BCUT2D eigenvalue weighted by Gasteiger charge is -2.03. The van der Waals surface area contributed by atoms with Crippen LogP contribution in [0.15, 0.2) is 12.2 Å². The second-order valence-electron chi connectivity index (χ2n) is 2.72. The van der Waals surface area contributed by atoms with Crippen LogP contribution < -0.4 is 5.32 Å². The van der Waals surface area contributed by atoms with Gasteiger partial charge in [0.1, 0.15) is 0 Å². The standard InChI is InChI=1S/C7H9NO/c9-7-4-5-2-1-3-6(5)8-7/h1,3,5-6H,2,4H2,(H,8,9)/t5-,6-/m1/s1. The third-order valence-corrected chi connectivity index (χ3v) is 2.07. The maximum absolute atomic E-state index is 10.7. The van der Waals surface area contributed by atoms with Gasteiger partial charge in [-0.05, 0) is 12.3 Å². The van der Waals surface area contributed by atoms with E-state index in [9.17, 15) is 4.79 Å². The van der Waals surface area contributed by atoms with Gasteiger partial charge in [0.25, 0.3) is 0 Å². The van der Waals surface area contributed by atoms with E-state index < -0.39 is 0 Å². The minimum Gasteiger partial charge on any atom is -0.350 e. The van der Waals surface area contributed by atoms with E-state index in [0.717, 1.165) is 12.8 Å². The second kappa shape index (κ2) is 1.59. The molecule has 0 aromatic rings. The Hall–Kier alpha value is -0.790. The quantitative estimate of drug-likeness (QED) is 0.465. The van der Waals surface area contributed by atoms with Crippen molar-refractivity contribution in [1.29, 1.82) is 0 Å². The first-order valence-electron chi connectivity index (χ1n) is 3.32. The molecule has 48 valence electrons. The van der Waals surface area contributed by atoms with Crippen molar-refractivity contribution in [3.05, 3.63) is 12.2 Å². The van der Waals surface area contributed by atoms with Crippen LogP contribution in [0.25, 0.3) is 0 Å². The van der Waals surface area contributed by atoms with E-state index in [4.69, 9.17) is 0 Å². The van der Waals surface area contributed by atoms with E-state index in [1.165, 1.54) is 0 Å². The number of hydrogen-bond donors (Lipinski definition) is 1. The van der Waals surface area contributed by atoms with Crippen LogP contribution in [0.4, 0.5) is 0 Å². The molecule has 0 spiro atoms. The molecule has 1 N–H and O–H groups in total. The van der Waals surface area contributed by atoms with Crippen LogP contribution in [-0.4, -0.2) is 11.9 Å². The maximum atomic E-state index is 10.7. The summed E-state index contributed by atoms with van der Waals surface area (Å²) in [5.41, 5.74) is 0. The molecular weight excluding hydrogens is 114 g/mol. The minimum absolute atomic E-state index is 0.217. The molecule has 1 fully saturated rings. The Morgan fingerprint density at radius 3 is 3.33 bits per heavy atom. The largest absolute Gasteiger partial charge is 0.350 e. The Morgan fingerprint density at radius 1 is 1.67 bits per heavy atom. The summed E-state index contributed by atoms with van der Waals surface area (Å²) in [6, 6.07) is 0.373. The van der Waals surface area contributed by atoms with Crippen molar-refractivity contribution in [3.63, 3.8) is 0 Å². The lowest BCUT2D eigenvalue weighted by molar-refractivity contribution is -0.119. The van der Waals surface area contributed by atoms with Crippen molar-refractivity contribution in [3.8, 4) is 0 Å². The Bertz CT molecular complexity index is 174. The van der Waals surface area contributed by atoms with Crippen LogP contribution in [0.5, 0.6) is 0 Å². The SMILES string of the molecule is O=C1C[C@H]2CC=C[C@H]2N1. The van der Waals surface area contributed by atoms with Crippen molar-refractivity contribution < 1.29 is 4.79 Å². The van der Waals surface area contributed by atoms with Gasteiger partial charge in [-0.25, -0.2) is 0 Å². The number of allylic oxidation sites excluding steroid dienone is 1. The summed E-state index contributed by atoms with van der Waals surface area (Å²) in [5, 5.41) is 2.89. The number of carbonyl (C=O) groups is 1. The Kier molecular flexibility index (Phi) is 0.891. The second-order valence-corrected chi connectivity index (χ2v) is 2.72. The molecule has 0 aromatic heterocycles. The monoisotopic (exact) mass is 123 g/mol. The molecule has 0 bridgehead atoms. The van der Waals surface area contributed by atoms with Gasteiger partial charge in [0.2, 0.25) is 5.91 Å². The molecule has 1 aliphatic heterocycles. The van der Waals surface area contributed by atoms with E-state index in [0.29, 0.717) is 12.0 Å². The first-order chi connectivity index (χ1) is 4.36. The van der Waals surface area contributed by atoms with Gasteiger partial charge in [0, 0.05) is 6.42 Å². The van der Waals surface area contributed by atoms with Crippen LogP contribution in [0, 0.1) is 5.92 Å². The smallest absolute Gasteiger partial charge is 0.220 e. The fourth-order valence-electron chi connectivity index (χ4n) is 1.56. The van der Waals surface area contributed by atoms with Gasteiger partial charge >= 0.3 is 0 Å². The average molecular weight is 123 g/mol. The Balaban J connectivity index is 2.17. The number of nitrogens with one attached hydrogen (secondary N) is 1. The molecule has 1 heterocycles. The summed E-state index contributed by atoms with van der Waals surface area (Å²) in [6.07, 6.45) is 6.06. The zero-order chi connectivity index (χ0) is 6.27. The summed E-state index contributed by atoms with van der Waals surface area (Å²) in [5.74, 6) is 0.798. The van der Waals surface area contributed by atoms with Crippen molar-refractivity contribution in [1.82, 2.24) is 5.32 Å². The molecule has 9 heavy (non-hydrogen) atoms. The molecule has 0 unspecified atom stereocenters. The number of rotatable bonds is 0. The molecule has 2 heteroatoms. The van der Waals surface area contributed by atoms with Crippen LogP contribution >= 0.6 is 0 Å². The van der Waals surface area contributed by atoms with Gasteiger partial charge in [0.15, 0.2) is 0 Å². The van der Waals surface area contributed by atoms with Gasteiger partial charge in [0.05, 0.1) is 6.04 Å². The molecule has 1 saturated heterocycles. The van der Waals surface area contributed by atoms with E-state index >= 15 is 0 Å². The fraction of sp³-hybridized carbons (Fsp3) is 0.571. The third-order valence-electron chi connectivity index (χ3n) is 2.07. The molecule has 2 rings (SSSR count). The molecule has 0 radical (unpaired) electrons. The summed E-state index contributed by atoms with van der Waals surface area (Å²) in [4.78, 5) is 10.7. The van der Waals surface area contributed by atoms with E-state index in [2.05, 4.69) is 17.5 Å². The highest BCUT2D eigenvalue weighted by molar-refractivity contribution is 5.79. The summed E-state index contributed by atoms with van der Waals surface area (Å²) < 4.78 is 0.